The molecule has 0 radical (unpaired) electrons. The lowest BCUT2D eigenvalue weighted by atomic mass is 10.1. The zero-order valence-corrected chi connectivity index (χ0v) is 19.4. The Morgan fingerprint density at radius 1 is 1.09 bits per heavy atom. The van der Waals surface area contributed by atoms with Crippen molar-refractivity contribution in [2.24, 2.45) is 0 Å². The average Bonchev–Trinajstić information content (AvgIpc) is 2.72. The van der Waals surface area contributed by atoms with Crippen LogP contribution in [0.4, 0.5) is 18.9 Å². The van der Waals surface area contributed by atoms with Crippen molar-refractivity contribution in [1.82, 2.24) is 4.31 Å². The van der Waals surface area contributed by atoms with E-state index in [2.05, 4.69) is 5.32 Å². The number of carbonyl (C=O) groups is 1. The Labute approximate surface area is 190 Å². The maximum atomic E-state index is 13.2. The molecule has 2 aromatic carbocycles. The standard InChI is InChI=1S/C21H24ClF3N2O4S/c1-4-11-31-19-10-7-14(21(23,24)25)12-18(19)26-20(28)16-13-15(8-9-17(16)22)32(29,30)27(5-2)6-3/h7-10,12-13H,4-6,11H2,1-3H3,(H,26,28). The second kappa shape index (κ2) is 10.5. The molecular formula is C21H24ClF3N2O4S. The van der Waals surface area contributed by atoms with Crippen molar-refractivity contribution in [3.8, 4) is 5.75 Å². The Hall–Kier alpha value is -2.30. The van der Waals surface area contributed by atoms with Crippen LogP contribution in [-0.2, 0) is 16.2 Å². The van der Waals surface area contributed by atoms with Gasteiger partial charge in [0, 0.05) is 13.1 Å². The smallest absolute Gasteiger partial charge is 0.416 e. The van der Waals surface area contributed by atoms with Crippen LogP contribution < -0.4 is 10.1 Å². The molecule has 0 saturated heterocycles. The Kier molecular flexibility index (Phi) is 8.55. The van der Waals surface area contributed by atoms with Crippen LogP contribution in [-0.4, -0.2) is 38.3 Å². The largest absolute Gasteiger partial charge is 0.491 e. The molecule has 0 aromatic heterocycles. The molecule has 1 N–H and O–H groups in total. The van der Waals surface area contributed by atoms with Gasteiger partial charge in [0.1, 0.15) is 5.75 Å². The SMILES string of the molecule is CCCOc1ccc(C(F)(F)F)cc1NC(=O)c1cc(S(=O)(=O)N(CC)CC)ccc1Cl. The molecule has 0 aliphatic rings. The first-order chi connectivity index (χ1) is 14.9. The van der Waals surface area contributed by atoms with E-state index >= 15 is 0 Å². The summed E-state index contributed by atoms with van der Waals surface area (Å²) < 4.78 is 71.7. The maximum absolute atomic E-state index is 13.2. The van der Waals surface area contributed by atoms with Crippen LogP contribution in [0.2, 0.25) is 5.02 Å². The summed E-state index contributed by atoms with van der Waals surface area (Å²) in [5, 5.41) is 2.32. The number of alkyl halides is 3. The molecule has 32 heavy (non-hydrogen) atoms. The molecule has 2 aromatic rings. The fourth-order valence-electron chi connectivity index (χ4n) is 2.88. The fourth-order valence-corrected chi connectivity index (χ4v) is 4.57. The predicted molar refractivity (Wildman–Crippen MR) is 117 cm³/mol. The number of rotatable bonds is 9. The summed E-state index contributed by atoms with van der Waals surface area (Å²) in [6.07, 6.45) is -4.02. The van der Waals surface area contributed by atoms with Gasteiger partial charge < -0.3 is 10.1 Å². The molecule has 1 amide bonds. The van der Waals surface area contributed by atoms with Crippen LogP contribution in [0.3, 0.4) is 0 Å². The average molecular weight is 493 g/mol. The van der Waals surface area contributed by atoms with E-state index in [-0.39, 0.29) is 46.6 Å². The lowest BCUT2D eigenvalue weighted by Gasteiger charge is -2.19. The molecule has 0 unspecified atom stereocenters. The fraction of sp³-hybridized carbons (Fsp3) is 0.381. The molecule has 6 nitrogen and oxygen atoms in total. The number of benzene rings is 2. The van der Waals surface area contributed by atoms with Crippen molar-refractivity contribution in [1.29, 1.82) is 0 Å². The topological polar surface area (TPSA) is 75.7 Å². The zero-order valence-electron chi connectivity index (χ0n) is 17.8. The van der Waals surface area contributed by atoms with Crippen molar-refractivity contribution in [2.75, 3.05) is 25.0 Å². The third-order valence-electron chi connectivity index (χ3n) is 4.54. The highest BCUT2D eigenvalue weighted by Crippen LogP contribution is 2.35. The number of amides is 1. The van der Waals surface area contributed by atoms with Gasteiger partial charge in [-0.2, -0.15) is 17.5 Å². The molecule has 0 spiro atoms. The lowest BCUT2D eigenvalue weighted by Crippen LogP contribution is -2.30. The van der Waals surface area contributed by atoms with Gasteiger partial charge in [-0.1, -0.05) is 32.4 Å². The van der Waals surface area contributed by atoms with Gasteiger partial charge in [0.05, 0.1) is 33.3 Å². The van der Waals surface area contributed by atoms with Crippen molar-refractivity contribution >= 4 is 33.2 Å². The Morgan fingerprint density at radius 3 is 2.31 bits per heavy atom. The van der Waals surface area contributed by atoms with Crippen LogP contribution in [0.1, 0.15) is 43.1 Å². The first-order valence-electron chi connectivity index (χ1n) is 9.90. The monoisotopic (exact) mass is 492 g/mol. The molecule has 176 valence electrons. The van der Waals surface area contributed by atoms with E-state index < -0.39 is 27.7 Å². The Balaban J connectivity index is 2.46. The summed E-state index contributed by atoms with van der Waals surface area (Å²) in [6, 6.07) is 6.36. The molecule has 0 atom stereocenters. The highest BCUT2D eigenvalue weighted by molar-refractivity contribution is 7.89. The van der Waals surface area contributed by atoms with E-state index in [9.17, 15) is 26.4 Å². The second-order valence-electron chi connectivity index (χ2n) is 6.74. The van der Waals surface area contributed by atoms with Gasteiger partial charge in [0.25, 0.3) is 5.91 Å². The van der Waals surface area contributed by atoms with Gasteiger partial charge >= 0.3 is 6.18 Å². The minimum atomic E-state index is -4.63. The lowest BCUT2D eigenvalue weighted by molar-refractivity contribution is -0.137. The van der Waals surface area contributed by atoms with Gasteiger partial charge in [0.15, 0.2) is 0 Å². The van der Waals surface area contributed by atoms with Crippen LogP contribution in [0, 0.1) is 0 Å². The number of nitrogens with one attached hydrogen (secondary N) is 1. The highest BCUT2D eigenvalue weighted by atomic mass is 35.5. The van der Waals surface area contributed by atoms with Gasteiger partial charge in [-0.3, -0.25) is 4.79 Å². The van der Waals surface area contributed by atoms with Gasteiger partial charge in [0.2, 0.25) is 10.0 Å². The van der Waals surface area contributed by atoms with Gasteiger partial charge in [-0.25, -0.2) is 8.42 Å². The molecule has 11 heteroatoms. The summed E-state index contributed by atoms with van der Waals surface area (Å²) in [4.78, 5) is 12.7. The maximum Gasteiger partial charge on any atom is 0.416 e. The number of anilines is 1. The number of halogens is 4. The minimum absolute atomic E-state index is 0.0519. The molecule has 0 aliphatic heterocycles. The van der Waals surface area contributed by atoms with Crippen molar-refractivity contribution in [2.45, 2.75) is 38.3 Å². The zero-order chi connectivity index (χ0) is 24.1. The molecule has 0 aliphatic carbocycles. The number of hydrogen-bond acceptors (Lipinski definition) is 4. The highest BCUT2D eigenvalue weighted by Gasteiger charge is 2.32. The van der Waals surface area contributed by atoms with Crippen LogP contribution in [0.25, 0.3) is 0 Å². The van der Waals surface area contributed by atoms with E-state index in [0.717, 1.165) is 24.3 Å². The van der Waals surface area contributed by atoms with Crippen molar-refractivity contribution in [3.05, 3.63) is 52.5 Å². The number of nitrogens with zero attached hydrogens (tertiary/aromatic N) is 1. The predicted octanol–water partition coefficient (Wildman–Crippen LogP) is 5.43. The number of hydrogen-bond donors (Lipinski definition) is 1. The summed E-state index contributed by atoms with van der Waals surface area (Å²) in [7, 11) is -3.87. The summed E-state index contributed by atoms with van der Waals surface area (Å²) in [6.45, 7) is 5.86. The Morgan fingerprint density at radius 2 is 1.75 bits per heavy atom. The molecule has 0 heterocycles. The van der Waals surface area contributed by atoms with E-state index in [1.54, 1.807) is 13.8 Å². The van der Waals surface area contributed by atoms with Crippen molar-refractivity contribution < 1.29 is 31.1 Å². The molecule has 0 saturated carbocycles. The number of sulfonamides is 1. The normalized spacial score (nSPS) is 12.1. The number of carbonyl (C=O) groups excluding carboxylic acids is 1. The van der Waals surface area contributed by atoms with E-state index in [4.69, 9.17) is 16.3 Å². The van der Waals surface area contributed by atoms with Crippen LogP contribution in [0.5, 0.6) is 5.75 Å². The van der Waals surface area contributed by atoms with Crippen LogP contribution in [0.15, 0.2) is 41.3 Å². The van der Waals surface area contributed by atoms with E-state index in [0.29, 0.717) is 6.42 Å². The van der Waals surface area contributed by atoms with Crippen LogP contribution >= 0.6 is 11.6 Å². The Bertz CT molecular complexity index is 1070. The molecule has 2 rings (SSSR count). The molecule has 0 bridgehead atoms. The van der Waals surface area contributed by atoms with Gasteiger partial charge in [-0.05, 0) is 42.8 Å². The first kappa shape index (κ1) is 26.0. The minimum Gasteiger partial charge on any atom is -0.491 e. The molecule has 0 fully saturated rings. The second-order valence-corrected chi connectivity index (χ2v) is 9.09. The third kappa shape index (κ3) is 5.93. The van der Waals surface area contributed by atoms with E-state index in [1.807, 2.05) is 6.92 Å². The summed E-state index contributed by atoms with van der Waals surface area (Å²) in [5.74, 6) is -0.816. The first-order valence-corrected chi connectivity index (χ1v) is 11.7. The number of ether oxygens (including phenoxy) is 1. The summed E-state index contributed by atoms with van der Waals surface area (Å²) >= 11 is 6.10. The molecular weight excluding hydrogens is 469 g/mol. The van der Waals surface area contributed by atoms with E-state index in [1.165, 1.54) is 16.4 Å². The van der Waals surface area contributed by atoms with Gasteiger partial charge in [-0.15, -0.1) is 0 Å². The summed E-state index contributed by atoms with van der Waals surface area (Å²) in [5.41, 5.74) is -1.37. The van der Waals surface area contributed by atoms with Crippen molar-refractivity contribution in [3.63, 3.8) is 0 Å². The third-order valence-corrected chi connectivity index (χ3v) is 6.92. The quantitative estimate of drug-likeness (QED) is 0.506.